The number of likely N-dealkylation sites (tertiary alicyclic amines) is 2. The van der Waals surface area contributed by atoms with Crippen LogP contribution < -0.4 is 54.0 Å². The number of nitrogens with zero attached hydrogens (tertiary/aromatic N) is 3. The highest BCUT2D eigenvalue weighted by molar-refractivity contribution is 5.98. The number of aliphatic hydroxyl groups is 2. The van der Waals surface area contributed by atoms with Crippen molar-refractivity contribution in [3.63, 3.8) is 0 Å². The number of hydrogen-bond acceptors (Lipinski definition) is 14. The second kappa shape index (κ2) is 27.0. The van der Waals surface area contributed by atoms with Gasteiger partial charge in [0, 0.05) is 19.6 Å². The van der Waals surface area contributed by atoms with E-state index in [9.17, 15) is 63.3 Å². The van der Waals surface area contributed by atoms with E-state index in [2.05, 4.69) is 47.5 Å². The van der Waals surface area contributed by atoms with E-state index >= 15 is 0 Å². The average molecular weight is 966 g/mol. The fraction of sp³-hybridized carbons (Fsp3) is 0.738. The number of aliphatic hydroxyl groups excluding tert-OH is 2. The zero-order valence-corrected chi connectivity index (χ0v) is 39.4. The first-order valence-electron chi connectivity index (χ1n) is 23.1. The zero-order valence-electron chi connectivity index (χ0n) is 39.4. The molecule has 68 heavy (non-hydrogen) atoms. The topological polar surface area (TPSA) is 399 Å². The fourth-order valence-electron chi connectivity index (χ4n) is 8.02. The monoisotopic (exact) mass is 966 g/mol. The molecule has 15 N–H and O–H groups in total. The number of aliphatic imine (C=N–C) groups is 1. The summed E-state index contributed by atoms with van der Waals surface area (Å²) in [5, 5.41) is 50.6. The van der Waals surface area contributed by atoms with E-state index in [0.717, 1.165) is 11.3 Å². The van der Waals surface area contributed by atoms with Gasteiger partial charge in [0.25, 0.3) is 0 Å². The van der Waals surface area contributed by atoms with Crippen molar-refractivity contribution in [2.45, 2.75) is 153 Å². The van der Waals surface area contributed by atoms with Gasteiger partial charge in [-0.05, 0) is 84.6 Å². The third kappa shape index (κ3) is 16.3. The third-order valence-electron chi connectivity index (χ3n) is 12.2. The first-order chi connectivity index (χ1) is 32.1. The van der Waals surface area contributed by atoms with Crippen molar-refractivity contribution in [1.82, 2.24) is 52.3 Å². The van der Waals surface area contributed by atoms with Gasteiger partial charge >= 0.3 is 5.97 Å². The van der Waals surface area contributed by atoms with Gasteiger partial charge in [-0.3, -0.25) is 52.9 Å². The molecule has 0 saturated carbocycles. The number of aliphatic carboxylic acids is 1. The van der Waals surface area contributed by atoms with E-state index in [-0.39, 0.29) is 57.2 Å². The van der Waals surface area contributed by atoms with Crippen molar-refractivity contribution in [2.24, 2.45) is 22.4 Å². The number of nitrogens with two attached hydrogens (primary N) is 2. The molecule has 0 radical (unpaired) electrons. The number of amides is 9. The van der Waals surface area contributed by atoms with Crippen LogP contribution in [-0.2, 0) is 47.9 Å². The number of carbonyl (C=O) groups excluding carboxylic acids is 9. The largest absolute Gasteiger partial charge is 0.480 e. The molecule has 0 unspecified atom stereocenters. The number of carboxylic acid groups (broad SMARTS) is 1. The van der Waals surface area contributed by atoms with Crippen LogP contribution in [0.1, 0.15) is 92.4 Å². The normalized spacial score (nSPS) is 21.3. The second-order valence-corrected chi connectivity index (χ2v) is 17.5. The summed E-state index contributed by atoms with van der Waals surface area (Å²) >= 11 is 0. The van der Waals surface area contributed by atoms with Gasteiger partial charge in [-0.25, -0.2) is 0 Å². The van der Waals surface area contributed by atoms with Crippen LogP contribution >= 0.6 is 0 Å². The number of guanidine groups is 1. The van der Waals surface area contributed by atoms with Crippen molar-refractivity contribution in [3.05, 3.63) is 0 Å². The molecular weight excluding hydrogens is 895 g/mol. The van der Waals surface area contributed by atoms with Gasteiger partial charge in [0.2, 0.25) is 53.2 Å². The lowest BCUT2D eigenvalue weighted by molar-refractivity contribution is -0.145. The second-order valence-electron chi connectivity index (χ2n) is 17.5. The van der Waals surface area contributed by atoms with Gasteiger partial charge < -0.3 is 79.1 Å². The summed E-state index contributed by atoms with van der Waals surface area (Å²) in [6.45, 7) is 6.84. The molecular formula is C42H71N13O13. The molecule has 9 amide bonds. The van der Waals surface area contributed by atoms with Crippen LogP contribution in [0.4, 0.5) is 0 Å². The Morgan fingerprint density at radius 1 is 0.706 bits per heavy atom. The van der Waals surface area contributed by atoms with Crippen LogP contribution in [0.5, 0.6) is 0 Å². The molecule has 3 rings (SSSR count). The molecule has 0 aromatic heterocycles. The number of nitrogens with one attached hydrogen (secondary N) is 8. The minimum absolute atomic E-state index is 0.0153. The van der Waals surface area contributed by atoms with Crippen molar-refractivity contribution in [2.75, 3.05) is 39.3 Å². The zero-order chi connectivity index (χ0) is 50.8. The van der Waals surface area contributed by atoms with Crippen LogP contribution in [0.3, 0.4) is 0 Å². The molecule has 3 aliphatic heterocycles. The highest BCUT2D eigenvalue weighted by atomic mass is 16.4. The van der Waals surface area contributed by atoms with E-state index in [1.165, 1.54) is 25.7 Å². The molecule has 0 spiro atoms. The van der Waals surface area contributed by atoms with Gasteiger partial charge in [-0.1, -0.05) is 20.3 Å². The molecule has 3 fully saturated rings. The molecule has 3 saturated heterocycles. The van der Waals surface area contributed by atoms with Crippen LogP contribution in [-0.4, -0.2) is 190 Å². The fourth-order valence-corrected chi connectivity index (χ4v) is 8.02. The van der Waals surface area contributed by atoms with Crippen LogP contribution in [0.15, 0.2) is 4.99 Å². The molecule has 0 bridgehead atoms. The minimum Gasteiger partial charge on any atom is -0.480 e. The van der Waals surface area contributed by atoms with Gasteiger partial charge in [0.1, 0.15) is 48.3 Å². The van der Waals surface area contributed by atoms with Crippen LogP contribution in [0.25, 0.3) is 0 Å². The number of rotatable bonds is 25. The number of hydrogen-bond donors (Lipinski definition) is 13. The summed E-state index contributed by atoms with van der Waals surface area (Å²) in [6, 6.07) is -10.5. The lowest BCUT2D eigenvalue weighted by atomic mass is 9.97. The Balaban J connectivity index is 1.64. The smallest absolute Gasteiger partial charge is 0.325 e. The molecule has 3 aliphatic rings. The lowest BCUT2D eigenvalue weighted by Crippen LogP contribution is -2.62. The molecule has 0 aliphatic carbocycles. The lowest BCUT2D eigenvalue weighted by Gasteiger charge is -2.33. The quantitative estimate of drug-likeness (QED) is 0.0230. The highest BCUT2D eigenvalue weighted by Gasteiger charge is 2.43. The van der Waals surface area contributed by atoms with E-state index in [4.69, 9.17) is 11.5 Å². The van der Waals surface area contributed by atoms with E-state index in [1.54, 1.807) is 13.8 Å². The van der Waals surface area contributed by atoms with Crippen LogP contribution in [0.2, 0.25) is 0 Å². The SMILES string of the molecule is CC[C@H](C)[C@H](NC(=O)[C@@H]1CCCN1C(=O)[C@@H](NC(=O)[C@H](C)NC(=O)[C@@H]1CCCN1)[C@@H](C)O)C(=O)N[C@@H](CO)C(=O)N1CCC[C@H]1C(=O)NCC(=O)N[C@@H](CCCN=C(N)N)C(=O)N[C@@H](C)C(=O)O. The Kier molecular flexibility index (Phi) is 22.3. The standard InChI is InChI=1S/C42H71N13O13/c1-6-21(2)31(52-37(63)29-14-10-18-55(29)40(66)32(24(5)57)53-33(59)22(3)48-34(60)25-11-7-15-45-25)38(64)51-27(20-56)39(65)54-17-9-13-28(54)36(62)47-19-30(58)50-26(12-8-16-46-42(43)44)35(61)49-23(4)41(67)68/h21-29,31-32,45,56-57H,6-20H2,1-5H3,(H,47,62)(H,48,60)(H,49,61)(H,50,58)(H,51,64)(H,52,63)(H,53,59)(H,67,68)(H4,43,44,46)/t21-,22-,23-,24+,25-,26-,27-,28-,29-,31-,32-/m0/s1. The predicted octanol–water partition coefficient (Wildman–Crippen LogP) is -5.66. The summed E-state index contributed by atoms with van der Waals surface area (Å²) in [6.07, 6.45) is 1.74. The Bertz CT molecular complexity index is 1860. The van der Waals surface area contributed by atoms with Crippen molar-refractivity contribution in [3.8, 4) is 0 Å². The van der Waals surface area contributed by atoms with Crippen molar-refractivity contribution < 1.29 is 63.3 Å². The molecule has 26 nitrogen and oxygen atoms in total. The van der Waals surface area contributed by atoms with Gasteiger partial charge in [-0.2, -0.15) is 0 Å². The van der Waals surface area contributed by atoms with E-state index in [1.807, 2.05) is 0 Å². The maximum absolute atomic E-state index is 13.9. The van der Waals surface area contributed by atoms with Crippen molar-refractivity contribution in [1.29, 1.82) is 0 Å². The first-order valence-corrected chi connectivity index (χ1v) is 23.1. The van der Waals surface area contributed by atoms with Crippen molar-refractivity contribution >= 4 is 65.1 Å². The van der Waals surface area contributed by atoms with Gasteiger partial charge in [-0.15, -0.1) is 0 Å². The van der Waals surface area contributed by atoms with Gasteiger partial charge in [0.15, 0.2) is 5.96 Å². The van der Waals surface area contributed by atoms with Gasteiger partial charge in [0.05, 0.1) is 25.3 Å². The van der Waals surface area contributed by atoms with Crippen LogP contribution in [0, 0.1) is 5.92 Å². The summed E-state index contributed by atoms with van der Waals surface area (Å²) < 4.78 is 0. The molecule has 26 heteroatoms. The molecule has 3 heterocycles. The Morgan fingerprint density at radius 2 is 1.34 bits per heavy atom. The highest BCUT2D eigenvalue weighted by Crippen LogP contribution is 2.22. The summed E-state index contributed by atoms with van der Waals surface area (Å²) in [4.78, 5) is 138. The summed E-state index contributed by atoms with van der Waals surface area (Å²) in [5.74, 6) is -8.57. The maximum atomic E-state index is 13.9. The average Bonchev–Trinajstić information content (AvgIpc) is 4.12. The summed E-state index contributed by atoms with van der Waals surface area (Å²) in [7, 11) is 0. The Labute approximate surface area is 394 Å². The number of carbonyl (C=O) groups is 10. The maximum Gasteiger partial charge on any atom is 0.325 e. The third-order valence-corrected chi connectivity index (χ3v) is 12.2. The molecule has 382 valence electrons. The summed E-state index contributed by atoms with van der Waals surface area (Å²) in [5.41, 5.74) is 10.7. The predicted molar refractivity (Wildman–Crippen MR) is 242 cm³/mol. The molecule has 0 aromatic carbocycles. The Hall–Kier alpha value is -6.15. The minimum atomic E-state index is -1.56. The van der Waals surface area contributed by atoms with E-state index in [0.29, 0.717) is 32.2 Å². The molecule has 0 aromatic rings. The van der Waals surface area contributed by atoms with E-state index < -0.39 is 133 Å². The first kappa shape index (κ1) is 56.2. The number of carboxylic acids is 1. The Morgan fingerprint density at radius 3 is 1.90 bits per heavy atom. The molecule has 11 atom stereocenters.